The third kappa shape index (κ3) is 5.03. The highest BCUT2D eigenvalue weighted by atomic mass is 32.2. The molecule has 2 aromatic rings. The van der Waals surface area contributed by atoms with Gasteiger partial charge < -0.3 is 15.6 Å². The first-order valence-corrected chi connectivity index (χ1v) is 8.59. The first kappa shape index (κ1) is 18.4. The lowest BCUT2D eigenvalue weighted by molar-refractivity contribution is -0.114. The third-order valence-electron chi connectivity index (χ3n) is 3.29. The molecule has 0 unspecified atom stereocenters. The molecule has 128 valence electrons. The number of phenols is 1. The summed E-state index contributed by atoms with van der Waals surface area (Å²) >= 11 is 1.57. The number of nitrogens with two attached hydrogens (primary N) is 1. The lowest BCUT2D eigenvalue weighted by Gasteiger charge is -2.12. The van der Waals surface area contributed by atoms with Crippen LogP contribution in [0.25, 0.3) is 10.9 Å². The van der Waals surface area contributed by atoms with Crippen molar-refractivity contribution in [3.63, 3.8) is 0 Å². The summed E-state index contributed by atoms with van der Waals surface area (Å²) in [7, 11) is 0. The number of primary amides is 1. The molecule has 0 saturated carbocycles. The largest absolute Gasteiger partial charge is 0.504 e. The zero-order valence-corrected chi connectivity index (χ0v) is 14.5. The average Bonchev–Trinajstić information content (AvgIpc) is 2.61. The minimum Gasteiger partial charge on any atom is -0.504 e. The number of nitrogens with zero attached hydrogens (tertiary/aromatic N) is 1. The van der Waals surface area contributed by atoms with Crippen LogP contribution >= 0.6 is 11.8 Å². The molecule has 3 N–H and O–H groups in total. The molecule has 6 heteroatoms. The van der Waals surface area contributed by atoms with Crippen LogP contribution in [0.5, 0.6) is 11.5 Å². The van der Waals surface area contributed by atoms with Crippen LogP contribution in [0.4, 0.5) is 0 Å². The van der Waals surface area contributed by atoms with Gasteiger partial charge in [0.2, 0.25) is 11.6 Å². The van der Waals surface area contributed by atoms with E-state index in [0.29, 0.717) is 29.2 Å². The number of hydrogen-bond donors (Lipinski definition) is 2. The summed E-state index contributed by atoms with van der Waals surface area (Å²) in [6.45, 7) is 9.23. The molecule has 0 aliphatic carbocycles. The van der Waals surface area contributed by atoms with Gasteiger partial charge in [0.05, 0.1) is 13.2 Å². The van der Waals surface area contributed by atoms with E-state index in [1.54, 1.807) is 23.9 Å². The number of benzene rings is 2. The van der Waals surface area contributed by atoms with Crippen LogP contribution in [0.2, 0.25) is 0 Å². The Morgan fingerprint density at radius 1 is 1.36 bits per heavy atom. The van der Waals surface area contributed by atoms with E-state index in [9.17, 15) is 9.90 Å². The first-order valence-electron chi connectivity index (χ1n) is 7.60. The average molecular weight is 354 g/mol. The van der Waals surface area contributed by atoms with Crippen molar-refractivity contribution in [1.29, 1.82) is 0 Å². The van der Waals surface area contributed by atoms with Gasteiger partial charge in [0.25, 0.3) is 0 Å². The molecular weight excluding hydrogens is 336 g/mol. The molecule has 0 radical (unpaired) electrons. The number of aromatic hydroxyl groups is 1. The highest BCUT2D eigenvalue weighted by molar-refractivity contribution is 7.98. The molecule has 0 aromatic heterocycles. The van der Waals surface area contributed by atoms with Crippen LogP contribution in [0, 0.1) is 6.57 Å². The number of ether oxygens (including phenoxy) is 1. The Kier molecular flexibility index (Phi) is 6.49. The highest BCUT2D eigenvalue weighted by Crippen LogP contribution is 2.36. The number of hydrogen-bond acceptors (Lipinski definition) is 4. The predicted molar refractivity (Wildman–Crippen MR) is 99.1 cm³/mol. The molecule has 0 bridgehead atoms. The summed E-state index contributed by atoms with van der Waals surface area (Å²) in [5.74, 6) is 0.0995. The fourth-order valence-electron chi connectivity index (χ4n) is 2.14. The van der Waals surface area contributed by atoms with Crippen molar-refractivity contribution in [2.24, 2.45) is 5.73 Å². The molecule has 0 aliphatic heterocycles. The summed E-state index contributed by atoms with van der Waals surface area (Å²) in [6, 6.07) is 13.1. The van der Waals surface area contributed by atoms with Gasteiger partial charge in [-0.15, -0.1) is 11.8 Å². The highest BCUT2D eigenvalue weighted by Gasteiger charge is 2.13. The van der Waals surface area contributed by atoms with Gasteiger partial charge in [-0.1, -0.05) is 18.2 Å². The van der Waals surface area contributed by atoms with E-state index in [4.69, 9.17) is 17.0 Å². The summed E-state index contributed by atoms with van der Waals surface area (Å²) in [5.41, 5.74) is 6.25. The van der Waals surface area contributed by atoms with Crippen LogP contribution < -0.4 is 10.5 Å². The fraction of sp³-hybridized carbons (Fsp3) is 0.158. The summed E-state index contributed by atoms with van der Waals surface area (Å²) in [4.78, 5) is 15.5. The molecule has 2 rings (SSSR count). The van der Waals surface area contributed by atoms with Crippen molar-refractivity contribution in [2.75, 3.05) is 6.61 Å². The van der Waals surface area contributed by atoms with E-state index < -0.39 is 5.91 Å². The minimum atomic E-state index is -0.791. The molecule has 0 fully saturated rings. The normalized spacial score (nSPS) is 11.0. The van der Waals surface area contributed by atoms with Gasteiger partial charge in [-0.2, -0.15) is 0 Å². The van der Waals surface area contributed by atoms with E-state index in [0.717, 1.165) is 4.90 Å². The van der Waals surface area contributed by atoms with Crippen LogP contribution in [-0.2, 0) is 10.5 Å². The van der Waals surface area contributed by atoms with Gasteiger partial charge >= 0.3 is 0 Å². The van der Waals surface area contributed by atoms with Gasteiger partial charge in [0.15, 0.2) is 11.5 Å². The molecule has 5 nitrogen and oxygen atoms in total. The number of carbonyl (C=O) groups is 1. The van der Waals surface area contributed by atoms with Crippen molar-refractivity contribution in [1.82, 2.24) is 0 Å². The summed E-state index contributed by atoms with van der Waals surface area (Å²) in [5, 5.41) is 10.4. The van der Waals surface area contributed by atoms with Crippen molar-refractivity contribution in [2.45, 2.75) is 17.6 Å². The molecule has 1 amide bonds. The summed E-state index contributed by atoms with van der Waals surface area (Å²) in [6.07, 6.45) is 1.40. The van der Waals surface area contributed by atoms with Crippen LogP contribution in [0.3, 0.4) is 0 Å². The second-order valence-corrected chi connectivity index (χ2v) is 6.12. The molecule has 0 saturated heterocycles. The van der Waals surface area contributed by atoms with Gasteiger partial charge in [0.1, 0.15) is 0 Å². The molecule has 0 atom stereocenters. The van der Waals surface area contributed by atoms with E-state index in [1.165, 1.54) is 6.08 Å². The number of rotatable bonds is 7. The molecule has 2 aromatic carbocycles. The van der Waals surface area contributed by atoms with Gasteiger partial charge in [-0.3, -0.25) is 4.79 Å². The monoisotopic (exact) mass is 354 g/mol. The van der Waals surface area contributed by atoms with Crippen LogP contribution in [-0.4, -0.2) is 17.6 Å². The zero-order valence-electron chi connectivity index (χ0n) is 13.7. The maximum absolute atomic E-state index is 11.3. The second-order valence-electron chi connectivity index (χ2n) is 5.07. The molecular formula is C19H18N2O3S. The SMILES string of the molecule is [C-]#[N+]/C(=C\c1cc(CSc2ccccc2)c(O)c(OCC)c1)C(N)=O. The van der Waals surface area contributed by atoms with Crippen molar-refractivity contribution in [3.8, 4) is 11.5 Å². The van der Waals surface area contributed by atoms with E-state index >= 15 is 0 Å². The van der Waals surface area contributed by atoms with E-state index in [-0.39, 0.29) is 11.4 Å². The third-order valence-corrected chi connectivity index (χ3v) is 4.35. The summed E-state index contributed by atoms with van der Waals surface area (Å²) < 4.78 is 5.46. The van der Waals surface area contributed by atoms with Gasteiger partial charge in [0, 0.05) is 16.2 Å². The number of thioether (sulfide) groups is 1. The maximum atomic E-state index is 11.3. The molecule has 0 heterocycles. The van der Waals surface area contributed by atoms with Crippen molar-refractivity contribution >= 4 is 23.7 Å². The Hall–Kier alpha value is -2.91. The Morgan fingerprint density at radius 3 is 2.68 bits per heavy atom. The molecule has 0 spiro atoms. The predicted octanol–water partition coefficient (Wildman–Crippen LogP) is 3.83. The zero-order chi connectivity index (χ0) is 18.2. The molecule has 25 heavy (non-hydrogen) atoms. The fourth-order valence-corrected chi connectivity index (χ4v) is 3.03. The first-order chi connectivity index (χ1) is 12.0. The molecule has 0 aliphatic rings. The second kappa shape index (κ2) is 8.81. The van der Waals surface area contributed by atoms with Crippen molar-refractivity contribution in [3.05, 3.63) is 70.7 Å². The quantitative estimate of drug-likeness (QED) is 0.450. The van der Waals surface area contributed by atoms with Gasteiger partial charge in [-0.05, 0) is 42.8 Å². The van der Waals surface area contributed by atoms with Crippen LogP contribution in [0.15, 0.2) is 53.1 Å². The maximum Gasteiger partial charge on any atom is 0.250 e. The standard InChI is InChI=1S/C19H18N2O3S/c1-3-24-17-11-13(10-16(21-2)19(20)23)9-14(18(17)22)12-25-15-7-5-4-6-8-15/h4-11,22H,3,12H2,1H3,(H2,20,23)/b16-10-. The topological polar surface area (TPSA) is 76.9 Å². The van der Waals surface area contributed by atoms with E-state index in [2.05, 4.69) is 4.85 Å². The number of carbonyl (C=O) groups excluding carboxylic acids is 1. The minimum absolute atomic E-state index is 0.0610. The Labute approximate surface area is 150 Å². The smallest absolute Gasteiger partial charge is 0.250 e. The Morgan fingerprint density at radius 2 is 2.08 bits per heavy atom. The van der Waals surface area contributed by atoms with Crippen LogP contribution in [0.1, 0.15) is 18.1 Å². The van der Waals surface area contributed by atoms with E-state index in [1.807, 2.05) is 37.3 Å². The Bertz CT molecular complexity index is 827. The van der Waals surface area contributed by atoms with Gasteiger partial charge in [-0.25, -0.2) is 4.85 Å². The number of phenolic OH excluding ortho intramolecular Hbond substituents is 1. The number of amides is 1. The van der Waals surface area contributed by atoms with Crippen molar-refractivity contribution < 1.29 is 14.6 Å². The lowest BCUT2D eigenvalue weighted by Crippen LogP contribution is -2.11. The Balaban J connectivity index is 2.37. The lowest BCUT2D eigenvalue weighted by atomic mass is 10.1.